The zero-order chi connectivity index (χ0) is 25.9. The summed E-state index contributed by atoms with van der Waals surface area (Å²) in [5, 5.41) is 5.51. The first kappa shape index (κ1) is 27.6. The van der Waals surface area contributed by atoms with Crippen molar-refractivity contribution < 1.29 is 23.9 Å². The number of thiocarbonyl (C=S) groups is 1. The molecule has 8 nitrogen and oxygen atoms in total. The van der Waals surface area contributed by atoms with E-state index in [-0.39, 0.29) is 24.0 Å². The fourth-order valence-electron chi connectivity index (χ4n) is 3.74. The Morgan fingerprint density at radius 3 is 2.72 bits per heavy atom. The van der Waals surface area contributed by atoms with Crippen LogP contribution in [0.25, 0.3) is 0 Å². The summed E-state index contributed by atoms with van der Waals surface area (Å²) in [6.07, 6.45) is 2.09. The van der Waals surface area contributed by atoms with Crippen LogP contribution in [-0.4, -0.2) is 60.1 Å². The number of piperazine rings is 1. The van der Waals surface area contributed by atoms with E-state index < -0.39 is 17.9 Å². The number of ether oxygens (including phenoxy) is 2. The maximum atomic E-state index is 13.0. The highest BCUT2D eigenvalue weighted by atomic mass is 79.9. The third-order valence-electron chi connectivity index (χ3n) is 5.54. The summed E-state index contributed by atoms with van der Waals surface area (Å²) in [5.41, 5.74) is 1.48. The zero-order valence-electron chi connectivity index (χ0n) is 20.1. The second kappa shape index (κ2) is 13.9. The van der Waals surface area contributed by atoms with Crippen molar-refractivity contribution in [3.63, 3.8) is 0 Å². The van der Waals surface area contributed by atoms with Crippen molar-refractivity contribution in [1.82, 2.24) is 15.5 Å². The Labute approximate surface area is 224 Å². The average Bonchev–Trinajstić information content (AvgIpc) is 2.87. The van der Waals surface area contributed by atoms with Gasteiger partial charge in [-0.1, -0.05) is 53.2 Å². The van der Waals surface area contributed by atoms with Crippen LogP contribution in [0.2, 0.25) is 0 Å². The predicted molar refractivity (Wildman–Crippen MR) is 144 cm³/mol. The van der Waals surface area contributed by atoms with E-state index in [0.717, 1.165) is 12.8 Å². The molecule has 10 heteroatoms. The van der Waals surface area contributed by atoms with Gasteiger partial charge in [0.2, 0.25) is 5.91 Å². The van der Waals surface area contributed by atoms with Gasteiger partial charge in [-0.3, -0.25) is 19.7 Å². The summed E-state index contributed by atoms with van der Waals surface area (Å²) in [6, 6.07) is 14.2. The van der Waals surface area contributed by atoms with Crippen molar-refractivity contribution in [2.75, 3.05) is 26.3 Å². The molecule has 0 aromatic heterocycles. The molecule has 36 heavy (non-hydrogen) atoms. The van der Waals surface area contributed by atoms with Crippen LogP contribution in [0.15, 0.2) is 53.0 Å². The van der Waals surface area contributed by atoms with Gasteiger partial charge in [0.25, 0.3) is 5.91 Å². The van der Waals surface area contributed by atoms with Gasteiger partial charge in [0.1, 0.15) is 11.8 Å². The number of nitrogens with zero attached hydrogens (tertiary/aromatic N) is 1. The van der Waals surface area contributed by atoms with Gasteiger partial charge in [-0.25, -0.2) is 0 Å². The van der Waals surface area contributed by atoms with Crippen LogP contribution in [-0.2, 0) is 20.7 Å². The Bertz CT molecular complexity index is 1080. The van der Waals surface area contributed by atoms with Gasteiger partial charge >= 0.3 is 5.97 Å². The maximum Gasteiger partial charge on any atom is 0.308 e. The van der Waals surface area contributed by atoms with Crippen molar-refractivity contribution in [2.45, 2.75) is 38.6 Å². The molecule has 1 unspecified atom stereocenters. The summed E-state index contributed by atoms with van der Waals surface area (Å²) in [6.45, 7) is 3.40. The zero-order valence-corrected chi connectivity index (χ0v) is 22.5. The molecule has 2 N–H and O–H groups in total. The normalized spacial score (nSPS) is 15.1. The van der Waals surface area contributed by atoms with Gasteiger partial charge in [0.15, 0.2) is 5.11 Å². The first-order valence-corrected chi connectivity index (χ1v) is 13.1. The van der Waals surface area contributed by atoms with Gasteiger partial charge in [-0.2, -0.15) is 0 Å². The average molecular weight is 577 g/mol. The Kier molecular flexibility index (Phi) is 10.7. The molecule has 2 amide bonds. The third kappa shape index (κ3) is 8.03. The summed E-state index contributed by atoms with van der Waals surface area (Å²) in [7, 11) is 0. The van der Waals surface area contributed by atoms with E-state index in [9.17, 15) is 14.4 Å². The number of nitrogens with one attached hydrogen (secondary N) is 2. The van der Waals surface area contributed by atoms with E-state index in [4.69, 9.17) is 21.7 Å². The standard InChI is InChI=1S/C26H30BrN3O5S/c1-2-14-34-22-11-10-19(27)16-20(22)24(32)29-26(36)30-13-12-28-25(33)21(30)17-23(31)35-15-6-9-18-7-4-3-5-8-18/h3-5,7-8,10-11,16,21H,2,6,9,12-15,17H2,1H3,(H,28,33)(H,29,32,36). The summed E-state index contributed by atoms with van der Waals surface area (Å²) in [5.74, 6) is -0.854. The second-order valence-corrected chi connectivity index (χ2v) is 9.56. The molecule has 2 aromatic carbocycles. The fraction of sp³-hybridized carbons (Fsp3) is 0.385. The van der Waals surface area contributed by atoms with Crippen LogP contribution in [0.4, 0.5) is 0 Å². The molecular weight excluding hydrogens is 546 g/mol. The highest BCUT2D eigenvalue weighted by Gasteiger charge is 2.34. The van der Waals surface area contributed by atoms with Crippen LogP contribution in [0.1, 0.15) is 42.1 Å². The van der Waals surface area contributed by atoms with Crippen LogP contribution >= 0.6 is 28.1 Å². The summed E-state index contributed by atoms with van der Waals surface area (Å²) >= 11 is 8.84. The van der Waals surface area contributed by atoms with Crippen LogP contribution in [0, 0.1) is 0 Å². The lowest BCUT2D eigenvalue weighted by atomic mass is 10.1. The fourth-order valence-corrected chi connectivity index (χ4v) is 4.41. The molecule has 1 aliphatic rings. The molecule has 1 fully saturated rings. The van der Waals surface area contributed by atoms with E-state index in [2.05, 4.69) is 26.6 Å². The maximum absolute atomic E-state index is 13.0. The number of carbonyl (C=O) groups is 3. The Balaban J connectivity index is 1.58. The van der Waals surface area contributed by atoms with Crippen molar-refractivity contribution in [1.29, 1.82) is 0 Å². The van der Waals surface area contributed by atoms with Crippen molar-refractivity contribution in [3.8, 4) is 5.75 Å². The molecule has 0 aliphatic carbocycles. The number of carbonyl (C=O) groups excluding carboxylic acids is 3. The minimum absolute atomic E-state index is 0.0677. The largest absolute Gasteiger partial charge is 0.493 e. The highest BCUT2D eigenvalue weighted by molar-refractivity contribution is 9.10. The molecule has 0 bridgehead atoms. The SMILES string of the molecule is CCCOc1ccc(Br)cc1C(=O)NC(=S)N1CCNC(=O)C1CC(=O)OCCCc1ccccc1. The number of benzene rings is 2. The molecule has 192 valence electrons. The minimum Gasteiger partial charge on any atom is -0.493 e. The monoisotopic (exact) mass is 575 g/mol. The second-order valence-electron chi connectivity index (χ2n) is 8.26. The number of rotatable bonds is 10. The number of hydrogen-bond donors (Lipinski definition) is 2. The number of esters is 1. The van der Waals surface area contributed by atoms with Crippen molar-refractivity contribution in [3.05, 3.63) is 64.1 Å². The van der Waals surface area contributed by atoms with E-state index in [1.54, 1.807) is 23.1 Å². The van der Waals surface area contributed by atoms with E-state index in [1.165, 1.54) is 5.56 Å². The first-order chi connectivity index (χ1) is 17.4. The Hall–Kier alpha value is -2.98. The van der Waals surface area contributed by atoms with Gasteiger partial charge in [0.05, 0.1) is 25.2 Å². The molecular formula is C26H30BrN3O5S. The molecule has 1 aliphatic heterocycles. The van der Waals surface area contributed by atoms with Crippen LogP contribution in [0.3, 0.4) is 0 Å². The van der Waals surface area contributed by atoms with E-state index in [1.807, 2.05) is 37.3 Å². The highest BCUT2D eigenvalue weighted by Crippen LogP contribution is 2.24. The third-order valence-corrected chi connectivity index (χ3v) is 6.37. The quantitative estimate of drug-likeness (QED) is 0.254. The van der Waals surface area contributed by atoms with Gasteiger partial charge < -0.3 is 19.7 Å². The molecule has 1 atom stereocenters. The molecule has 1 heterocycles. The Morgan fingerprint density at radius 1 is 1.19 bits per heavy atom. The molecule has 3 rings (SSSR count). The Morgan fingerprint density at radius 2 is 1.97 bits per heavy atom. The summed E-state index contributed by atoms with van der Waals surface area (Å²) in [4.78, 5) is 39.6. The lowest BCUT2D eigenvalue weighted by molar-refractivity contribution is -0.147. The molecule has 0 spiro atoms. The van der Waals surface area contributed by atoms with Crippen molar-refractivity contribution in [2.24, 2.45) is 0 Å². The van der Waals surface area contributed by atoms with E-state index in [0.29, 0.717) is 41.9 Å². The lowest BCUT2D eigenvalue weighted by Gasteiger charge is -2.36. The number of halogens is 1. The summed E-state index contributed by atoms with van der Waals surface area (Å²) < 4.78 is 11.8. The molecule has 0 radical (unpaired) electrons. The molecule has 2 aromatic rings. The topological polar surface area (TPSA) is 97.0 Å². The van der Waals surface area contributed by atoms with Crippen molar-refractivity contribution >= 4 is 51.0 Å². The van der Waals surface area contributed by atoms with Gasteiger partial charge in [0, 0.05) is 17.6 Å². The number of amides is 2. The van der Waals surface area contributed by atoms with Gasteiger partial charge in [-0.05, 0) is 55.2 Å². The van der Waals surface area contributed by atoms with E-state index >= 15 is 0 Å². The number of aryl methyl sites for hydroxylation is 1. The number of hydrogen-bond acceptors (Lipinski definition) is 6. The molecule has 1 saturated heterocycles. The first-order valence-electron chi connectivity index (χ1n) is 11.9. The van der Waals surface area contributed by atoms with Crippen LogP contribution in [0.5, 0.6) is 5.75 Å². The smallest absolute Gasteiger partial charge is 0.308 e. The minimum atomic E-state index is -0.869. The lowest BCUT2D eigenvalue weighted by Crippen LogP contribution is -2.60. The predicted octanol–water partition coefficient (Wildman–Crippen LogP) is 3.62. The van der Waals surface area contributed by atoms with Gasteiger partial charge in [-0.15, -0.1) is 0 Å². The molecule has 0 saturated carbocycles. The van der Waals surface area contributed by atoms with Crippen LogP contribution < -0.4 is 15.4 Å².